The van der Waals surface area contributed by atoms with Crippen molar-refractivity contribution in [2.24, 2.45) is 5.73 Å². The number of ether oxygens (including phenoxy) is 2. The zero-order valence-corrected chi connectivity index (χ0v) is 12.0. The average Bonchev–Trinajstić information content (AvgIpc) is 3.03. The normalized spacial score (nSPS) is 14.3. The lowest BCUT2D eigenvalue weighted by Crippen LogP contribution is -2.39. The molecule has 104 valence electrons. The Bertz CT molecular complexity index is 536. The van der Waals surface area contributed by atoms with Gasteiger partial charge >= 0.3 is 0 Å². The SMILES string of the molecule is CCOCC(C)(N)c1noc(-c2sccc2OC)n1. The van der Waals surface area contributed by atoms with Crippen LogP contribution >= 0.6 is 11.3 Å². The first-order valence-electron chi connectivity index (χ1n) is 5.91. The largest absolute Gasteiger partial charge is 0.495 e. The lowest BCUT2D eigenvalue weighted by Gasteiger charge is -2.19. The highest BCUT2D eigenvalue weighted by Gasteiger charge is 2.29. The fourth-order valence-electron chi connectivity index (χ4n) is 1.54. The van der Waals surface area contributed by atoms with Crippen molar-refractivity contribution in [2.75, 3.05) is 20.3 Å². The Morgan fingerprint density at radius 1 is 1.53 bits per heavy atom. The van der Waals surface area contributed by atoms with E-state index in [0.29, 0.717) is 30.7 Å². The maximum absolute atomic E-state index is 6.12. The molecule has 0 saturated heterocycles. The molecule has 2 heterocycles. The first kappa shape index (κ1) is 14.0. The zero-order chi connectivity index (χ0) is 13.9. The molecule has 1 unspecified atom stereocenters. The average molecular weight is 283 g/mol. The second-order valence-corrected chi connectivity index (χ2v) is 5.21. The van der Waals surface area contributed by atoms with E-state index in [-0.39, 0.29) is 0 Å². The molecule has 6 nitrogen and oxygen atoms in total. The predicted molar refractivity (Wildman–Crippen MR) is 72.2 cm³/mol. The first-order valence-corrected chi connectivity index (χ1v) is 6.79. The van der Waals surface area contributed by atoms with E-state index in [4.69, 9.17) is 19.7 Å². The second kappa shape index (κ2) is 5.68. The highest BCUT2D eigenvalue weighted by molar-refractivity contribution is 7.13. The number of nitrogens with zero attached hydrogens (tertiary/aromatic N) is 2. The molecule has 0 aliphatic heterocycles. The molecule has 2 aromatic rings. The Kier molecular flexibility index (Phi) is 4.18. The molecule has 0 spiro atoms. The van der Waals surface area contributed by atoms with E-state index in [1.165, 1.54) is 11.3 Å². The van der Waals surface area contributed by atoms with Crippen LogP contribution in [-0.2, 0) is 10.3 Å². The molecule has 0 radical (unpaired) electrons. The number of nitrogens with two attached hydrogens (primary N) is 1. The Balaban J connectivity index is 2.24. The van der Waals surface area contributed by atoms with Crippen molar-refractivity contribution in [3.63, 3.8) is 0 Å². The molecule has 0 amide bonds. The highest BCUT2D eigenvalue weighted by atomic mass is 32.1. The third-order valence-electron chi connectivity index (χ3n) is 2.59. The van der Waals surface area contributed by atoms with Crippen molar-refractivity contribution in [1.82, 2.24) is 10.1 Å². The maximum Gasteiger partial charge on any atom is 0.271 e. The van der Waals surface area contributed by atoms with Gasteiger partial charge < -0.3 is 19.7 Å². The van der Waals surface area contributed by atoms with E-state index in [1.807, 2.05) is 25.3 Å². The predicted octanol–water partition coefficient (Wildman–Crippen LogP) is 2.02. The van der Waals surface area contributed by atoms with E-state index in [0.717, 1.165) is 4.88 Å². The lowest BCUT2D eigenvalue weighted by molar-refractivity contribution is 0.0962. The topological polar surface area (TPSA) is 83.4 Å². The maximum atomic E-state index is 6.12. The molecule has 2 rings (SSSR count). The van der Waals surface area contributed by atoms with Crippen LogP contribution in [0.5, 0.6) is 5.75 Å². The molecule has 2 aromatic heterocycles. The monoisotopic (exact) mass is 283 g/mol. The van der Waals surface area contributed by atoms with Crippen molar-refractivity contribution in [3.8, 4) is 16.5 Å². The number of rotatable bonds is 6. The van der Waals surface area contributed by atoms with Crippen LogP contribution in [0.25, 0.3) is 10.8 Å². The summed E-state index contributed by atoms with van der Waals surface area (Å²) >= 11 is 1.48. The van der Waals surface area contributed by atoms with Gasteiger partial charge in [0.2, 0.25) is 0 Å². The van der Waals surface area contributed by atoms with Crippen molar-refractivity contribution >= 4 is 11.3 Å². The van der Waals surface area contributed by atoms with Crippen molar-refractivity contribution < 1.29 is 14.0 Å². The van der Waals surface area contributed by atoms with E-state index in [1.54, 1.807) is 7.11 Å². The van der Waals surface area contributed by atoms with E-state index >= 15 is 0 Å². The van der Waals surface area contributed by atoms with E-state index in [2.05, 4.69) is 10.1 Å². The molecule has 0 saturated carbocycles. The van der Waals surface area contributed by atoms with Crippen molar-refractivity contribution in [3.05, 3.63) is 17.3 Å². The third kappa shape index (κ3) is 2.94. The molecule has 19 heavy (non-hydrogen) atoms. The van der Waals surface area contributed by atoms with Crippen molar-refractivity contribution in [1.29, 1.82) is 0 Å². The smallest absolute Gasteiger partial charge is 0.271 e. The standard InChI is InChI=1S/C12H17N3O3S/c1-4-17-7-12(2,13)11-14-10(18-15-11)9-8(16-3)5-6-19-9/h5-6H,4,7,13H2,1-3H3. The summed E-state index contributed by atoms with van der Waals surface area (Å²) in [6, 6.07) is 1.85. The van der Waals surface area contributed by atoms with Gasteiger partial charge in [-0.1, -0.05) is 5.16 Å². The Labute approximate surface area is 115 Å². The Hall–Kier alpha value is -1.44. The van der Waals surface area contributed by atoms with E-state index < -0.39 is 5.54 Å². The van der Waals surface area contributed by atoms with Crippen LogP contribution in [0.4, 0.5) is 0 Å². The van der Waals surface area contributed by atoms with Gasteiger partial charge in [0.25, 0.3) is 5.89 Å². The van der Waals surface area contributed by atoms with Gasteiger partial charge in [0.15, 0.2) is 5.82 Å². The molecule has 1 atom stereocenters. The number of thiophene rings is 1. The fraction of sp³-hybridized carbons (Fsp3) is 0.500. The summed E-state index contributed by atoms with van der Waals surface area (Å²) in [4.78, 5) is 5.13. The van der Waals surface area contributed by atoms with E-state index in [9.17, 15) is 0 Å². The zero-order valence-electron chi connectivity index (χ0n) is 11.2. The van der Waals surface area contributed by atoms with Crippen LogP contribution in [0.1, 0.15) is 19.7 Å². The Morgan fingerprint density at radius 3 is 3.00 bits per heavy atom. The van der Waals surface area contributed by atoms with Crippen LogP contribution in [0.2, 0.25) is 0 Å². The Morgan fingerprint density at radius 2 is 2.32 bits per heavy atom. The minimum absolute atomic E-state index is 0.337. The van der Waals surface area contributed by atoms with Crippen LogP contribution < -0.4 is 10.5 Å². The summed E-state index contributed by atoms with van der Waals surface area (Å²) in [5, 5.41) is 5.83. The number of methoxy groups -OCH3 is 1. The summed E-state index contributed by atoms with van der Waals surface area (Å²) in [5.74, 6) is 1.55. The van der Waals surface area contributed by atoms with Crippen LogP contribution in [-0.4, -0.2) is 30.5 Å². The molecule has 0 aliphatic rings. The summed E-state index contributed by atoms with van der Waals surface area (Å²) in [6.45, 7) is 4.65. The van der Waals surface area contributed by atoms with Gasteiger partial charge in [0.05, 0.1) is 13.7 Å². The molecular weight excluding hydrogens is 266 g/mol. The third-order valence-corrected chi connectivity index (χ3v) is 3.47. The van der Waals surface area contributed by atoms with Crippen molar-refractivity contribution in [2.45, 2.75) is 19.4 Å². The lowest BCUT2D eigenvalue weighted by atomic mass is 10.1. The molecular formula is C12H17N3O3S. The molecule has 2 N–H and O–H groups in total. The summed E-state index contributed by atoms with van der Waals surface area (Å²) in [6.07, 6.45) is 0. The highest BCUT2D eigenvalue weighted by Crippen LogP contribution is 2.34. The van der Waals surface area contributed by atoms with Gasteiger partial charge in [-0.15, -0.1) is 11.3 Å². The number of hydrogen-bond acceptors (Lipinski definition) is 7. The summed E-state index contributed by atoms with van der Waals surface area (Å²) in [7, 11) is 1.60. The van der Waals surface area contributed by atoms with Crippen LogP contribution in [0, 0.1) is 0 Å². The number of hydrogen-bond donors (Lipinski definition) is 1. The van der Waals surface area contributed by atoms with Gasteiger partial charge in [-0.2, -0.15) is 4.98 Å². The van der Waals surface area contributed by atoms with Gasteiger partial charge in [0, 0.05) is 6.61 Å². The van der Waals surface area contributed by atoms with Gasteiger partial charge in [0.1, 0.15) is 16.2 Å². The summed E-state index contributed by atoms with van der Waals surface area (Å²) < 4.78 is 15.8. The number of aromatic nitrogens is 2. The van der Waals surface area contributed by atoms with Gasteiger partial charge in [-0.3, -0.25) is 0 Å². The van der Waals surface area contributed by atoms with Gasteiger partial charge in [-0.25, -0.2) is 0 Å². The molecule has 7 heteroatoms. The minimum Gasteiger partial charge on any atom is -0.495 e. The van der Waals surface area contributed by atoms with Gasteiger partial charge in [-0.05, 0) is 25.3 Å². The second-order valence-electron chi connectivity index (χ2n) is 4.30. The molecule has 0 bridgehead atoms. The molecule has 0 aromatic carbocycles. The quantitative estimate of drug-likeness (QED) is 0.873. The first-order chi connectivity index (χ1) is 9.08. The molecule has 0 aliphatic carbocycles. The fourth-order valence-corrected chi connectivity index (χ4v) is 2.32. The molecule has 0 fully saturated rings. The van der Waals surface area contributed by atoms with Crippen LogP contribution in [0.3, 0.4) is 0 Å². The summed E-state index contributed by atoms with van der Waals surface area (Å²) in [5.41, 5.74) is 5.35. The van der Waals surface area contributed by atoms with Crippen LogP contribution in [0.15, 0.2) is 16.0 Å². The minimum atomic E-state index is -0.776.